The molecule has 0 heterocycles. The molecule has 1 amide bonds. The van der Waals surface area contributed by atoms with Crippen LogP contribution in [0.1, 0.15) is 20.3 Å². The van der Waals surface area contributed by atoms with E-state index in [0.29, 0.717) is 16.5 Å². The third-order valence-electron chi connectivity index (χ3n) is 2.82. The fourth-order valence-electron chi connectivity index (χ4n) is 2.06. The summed E-state index contributed by atoms with van der Waals surface area (Å²) in [6.45, 7) is 4.66. The van der Waals surface area contributed by atoms with E-state index in [2.05, 4.69) is 4.90 Å². The summed E-state index contributed by atoms with van der Waals surface area (Å²) in [5.41, 5.74) is 0.788. The second-order valence-corrected chi connectivity index (χ2v) is 5.64. The first kappa shape index (κ1) is 19.5. The molecule has 0 bridgehead atoms. The van der Waals surface area contributed by atoms with Crippen LogP contribution in [-0.2, 0) is 4.79 Å². The molecule has 1 atom stereocenters. The van der Waals surface area contributed by atoms with Crippen molar-refractivity contribution in [1.29, 1.82) is 0 Å². The highest BCUT2D eigenvalue weighted by atomic mass is 35.5. The Balaban J connectivity index is 0.00000361. The number of rotatable bonds is 5. The molecule has 1 aromatic carbocycles. The second kappa shape index (κ2) is 8.73. The largest absolute Gasteiger partial charge is 0.308 e. The van der Waals surface area contributed by atoms with E-state index < -0.39 is 0 Å². The number of carbonyl (C=O) groups excluding carboxylic acids is 1. The number of anilines is 1. The molecule has 1 aromatic rings. The third kappa shape index (κ3) is 5.13. The maximum absolute atomic E-state index is 12.2. The Morgan fingerprint density at radius 3 is 2.30 bits per heavy atom. The van der Waals surface area contributed by atoms with E-state index in [9.17, 15) is 4.79 Å². The quantitative estimate of drug-likeness (QED) is 0.806. The number of likely N-dealkylation sites (N-methyl/N-ethyl adjacent to an activating group) is 1. The molecule has 0 spiro atoms. The zero-order valence-electron chi connectivity index (χ0n) is 12.2. The summed E-state index contributed by atoms with van der Waals surface area (Å²) in [6, 6.07) is 5.36. The van der Waals surface area contributed by atoms with E-state index in [1.807, 2.05) is 34.0 Å². The van der Waals surface area contributed by atoms with Crippen LogP contribution in [-0.4, -0.2) is 37.5 Å². The summed E-state index contributed by atoms with van der Waals surface area (Å²) >= 11 is 12.0. The summed E-state index contributed by atoms with van der Waals surface area (Å²) < 4.78 is 0. The maximum Gasteiger partial charge on any atom is 0.226 e. The van der Waals surface area contributed by atoms with Crippen LogP contribution in [0.2, 0.25) is 10.0 Å². The number of carbonyl (C=O) groups is 1. The van der Waals surface area contributed by atoms with Gasteiger partial charge in [-0.05, 0) is 39.2 Å². The van der Waals surface area contributed by atoms with E-state index in [1.54, 1.807) is 17.0 Å². The van der Waals surface area contributed by atoms with Crippen molar-refractivity contribution < 1.29 is 4.79 Å². The Kier molecular flexibility index (Phi) is 8.52. The van der Waals surface area contributed by atoms with Gasteiger partial charge >= 0.3 is 0 Å². The van der Waals surface area contributed by atoms with Crippen molar-refractivity contribution in [1.82, 2.24) is 4.90 Å². The van der Waals surface area contributed by atoms with E-state index in [4.69, 9.17) is 23.2 Å². The van der Waals surface area contributed by atoms with Crippen molar-refractivity contribution in [2.45, 2.75) is 26.3 Å². The first-order chi connectivity index (χ1) is 8.86. The predicted molar refractivity (Wildman–Crippen MR) is 89.5 cm³/mol. The molecule has 0 N–H and O–H groups in total. The molecule has 6 heteroatoms. The van der Waals surface area contributed by atoms with Crippen molar-refractivity contribution >= 4 is 47.2 Å². The fourth-order valence-corrected chi connectivity index (χ4v) is 2.35. The van der Waals surface area contributed by atoms with Gasteiger partial charge in [0, 0.05) is 24.7 Å². The van der Waals surface area contributed by atoms with Crippen molar-refractivity contribution in [2.75, 3.05) is 25.5 Å². The van der Waals surface area contributed by atoms with Gasteiger partial charge in [-0.3, -0.25) is 4.79 Å². The molecule has 0 aliphatic heterocycles. The van der Waals surface area contributed by atoms with E-state index >= 15 is 0 Å². The van der Waals surface area contributed by atoms with Crippen LogP contribution in [0.25, 0.3) is 0 Å². The molecule has 1 rings (SSSR count). The van der Waals surface area contributed by atoms with Gasteiger partial charge in [0.25, 0.3) is 0 Å². The van der Waals surface area contributed by atoms with Gasteiger partial charge in [-0.25, -0.2) is 0 Å². The summed E-state index contributed by atoms with van der Waals surface area (Å²) in [5, 5.41) is 0.958. The molecular weight excluding hydrogens is 319 g/mol. The Hall–Kier alpha value is -0.480. The summed E-state index contributed by atoms with van der Waals surface area (Å²) in [5.74, 6) is 0.0766. The second-order valence-electron chi connectivity index (χ2n) is 4.83. The van der Waals surface area contributed by atoms with Crippen LogP contribution in [0.4, 0.5) is 5.69 Å². The SMILES string of the molecule is CCC(=O)N(c1ccc(Cl)c(Cl)c1)C(C)CN(C)C.Cl. The monoisotopic (exact) mass is 338 g/mol. The predicted octanol–water partition coefficient (Wildman–Crippen LogP) is 4.11. The summed E-state index contributed by atoms with van der Waals surface area (Å²) in [6.07, 6.45) is 0.456. The molecule has 0 saturated heterocycles. The topological polar surface area (TPSA) is 23.6 Å². The number of amides is 1. The molecule has 3 nitrogen and oxygen atoms in total. The highest BCUT2D eigenvalue weighted by molar-refractivity contribution is 6.42. The molecule has 1 unspecified atom stereocenters. The zero-order chi connectivity index (χ0) is 14.6. The molecule has 0 fully saturated rings. The van der Waals surface area contributed by atoms with Crippen LogP contribution < -0.4 is 4.90 Å². The Bertz CT molecular complexity index is 452. The van der Waals surface area contributed by atoms with Gasteiger partial charge in [0.15, 0.2) is 0 Å². The molecule has 0 aromatic heterocycles. The maximum atomic E-state index is 12.2. The molecule has 0 saturated carbocycles. The van der Waals surface area contributed by atoms with Gasteiger partial charge in [-0.15, -0.1) is 12.4 Å². The van der Waals surface area contributed by atoms with Crippen molar-refractivity contribution in [3.63, 3.8) is 0 Å². The summed E-state index contributed by atoms with van der Waals surface area (Å²) in [4.78, 5) is 16.0. The van der Waals surface area contributed by atoms with Gasteiger partial charge in [-0.2, -0.15) is 0 Å². The molecule has 0 radical (unpaired) electrons. The highest BCUT2D eigenvalue weighted by Crippen LogP contribution is 2.28. The number of halogens is 3. The third-order valence-corrected chi connectivity index (χ3v) is 3.56. The minimum absolute atomic E-state index is 0. The molecule has 114 valence electrons. The lowest BCUT2D eigenvalue weighted by atomic mass is 10.2. The number of benzene rings is 1. The highest BCUT2D eigenvalue weighted by Gasteiger charge is 2.21. The number of nitrogens with zero attached hydrogens (tertiary/aromatic N) is 2. The number of hydrogen-bond donors (Lipinski definition) is 0. The van der Waals surface area contributed by atoms with Crippen molar-refractivity contribution in [3.05, 3.63) is 28.2 Å². The standard InChI is InChI=1S/C14H20Cl2N2O.ClH/c1-5-14(19)18(10(2)9-17(3)4)11-6-7-12(15)13(16)8-11;/h6-8,10H,5,9H2,1-4H3;1H. The van der Waals surface area contributed by atoms with Gasteiger partial charge in [0.2, 0.25) is 5.91 Å². The molecule has 0 aliphatic carbocycles. The fraction of sp³-hybridized carbons (Fsp3) is 0.500. The Labute approximate surface area is 137 Å². The van der Waals surface area contributed by atoms with Crippen LogP contribution in [0.3, 0.4) is 0 Å². The van der Waals surface area contributed by atoms with Gasteiger partial charge < -0.3 is 9.80 Å². The number of hydrogen-bond acceptors (Lipinski definition) is 2. The lowest BCUT2D eigenvalue weighted by Crippen LogP contribution is -2.43. The molecular formula is C14H21Cl3N2O. The van der Waals surface area contributed by atoms with E-state index in [1.165, 1.54) is 0 Å². The minimum Gasteiger partial charge on any atom is -0.308 e. The van der Waals surface area contributed by atoms with Gasteiger partial charge in [0.1, 0.15) is 0 Å². The normalized spacial score (nSPS) is 11.9. The average molecular weight is 340 g/mol. The minimum atomic E-state index is 0. The molecule has 20 heavy (non-hydrogen) atoms. The average Bonchev–Trinajstić information content (AvgIpc) is 2.32. The van der Waals surface area contributed by atoms with Crippen LogP contribution in [0, 0.1) is 0 Å². The lowest BCUT2D eigenvalue weighted by Gasteiger charge is -2.31. The van der Waals surface area contributed by atoms with Crippen LogP contribution in [0.15, 0.2) is 18.2 Å². The first-order valence-corrected chi connectivity index (χ1v) is 7.04. The first-order valence-electron chi connectivity index (χ1n) is 6.28. The Morgan fingerprint density at radius 2 is 1.85 bits per heavy atom. The zero-order valence-corrected chi connectivity index (χ0v) is 14.5. The van der Waals surface area contributed by atoms with Crippen LogP contribution >= 0.6 is 35.6 Å². The van der Waals surface area contributed by atoms with E-state index in [0.717, 1.165) is 12.2 Å². The summed E-state index contributed by atoms with van der Waals surface area (Å²) in [7, 11) is 3.97. The molecule has 0 aliphatic rings. The van der Waals surface area contributed by atoms with Gasteiger partial charge in [-0.1, -0.05) is 30.1 Å². The van der Waals surface area contributed by atoms with Crippen molar-refractivity contribution in [3.8, 4) is 0 Å². The smallest absolute Gasteiger partial charge is 0.226 e. The van der Waals surface area contributed by atoms with Crippen LogP contribution in [0.5, 0.6) is 0 Å². The lowest BCUT2D eigenvalue weighted by molar-refractivity contribution is -0.118. The van der Waals surface area contributed by atoms with E-state index in [-0.39, 0.29) is 24.4 Å². The Morgan fingerprint density at radius 1 is 1.25 bits per heavy atom. The van der Waals surface area contributed by atoms with Crippen molar-refractivity contribution in [2.24, 2.45) is 0 Å². The van der Waals surface area contributed by atoms with Gasteiger partial charge in [0.05, 0.1) is 10.0 Å².